The van der Waals surface area contributed by atoms with E-state index < -0.39 is 10.0 Å². The summed E-state index contributed by atoms with van der Waals surface area (Å²) in [5.41, 5.74) is 1.66. The maximum atomic E-state index is 12.8. The highest BCUT2D eigenvalue weighted by Crippen LogP contribution is 2.23. The zero-order valence-electron chi connectivity index (χ0n) is 10.7. The number of halogens is 2. The number of hydrogen-bond acceptors (Lipinski definition) is 2. The second-order valence-corrected chi connectivity index (χ2v) is 6.97. The minimum atomic E-state index is -3.61. The molecule has 0 saturated heterocycles. The molecular weight excluding hydrogens is 345 g/mol. The highest BCUT2D eigenvalue weighted by atomic mass is 79.9. The molecule has 2 rings (SSSR count). The van der Waals surface area contributed by atoms with Gasteiger partial charge in [0.05, 0.1) is 4.90 Å². The average Bonchev–Trinajstić information content (AvgIpc) is 2.37. The molecule has 2 aromatic rings. The molecule has 2 aromatic carbocycles. The van der Waals surface area contributed by atoms with E-state index in [1.165, 1.54) is 12.1 Å². The van der Waals surface area contributed by atoms with Crippen molar-refractivity contribution in [1.82, 2.24) is 4.72 Å². The number of nitrogens with one attached hydrogen (secondary N) is 1. The van der Waals surface area contributed by atoms with Gasteiger partial charge in [-0.25, -0.2) is 17.5 Å². The van der Waals surface area contributed by atoms with E-state index in [9.17, 15) is 12.8 Å². The van der Waals surface area contributed by atoms with Crippen LogP contribution >= 0.6 is 15.9 Å². The number of benzene rings is 2. The van der Waals surface area contributed by atoms with Crippen LogP contribution in [0.3, 0.4) is 0 Å². The topological polar surface area (TPSA) is 46.2 Å². The quantitative estimate of drug-likeness (QED) is 0.911. The van der Waals surface area contributed by atoms with Gasteiger partial charge >= 0.3 is 0 Å². The van der Waals surface area contributed by atoms with Gasteiger partial charge in [-0.1, -0.05) is 18.2 Å². The van der Waals surface area contributed by atoms with Gasteiger partial charge in [0.15, 0.2) is 0 Å². The molecule has 0 fully saturated rings. The van der Waals surface area contributed by atoms with Gasteiger partial charge in [0.1, 0.15) is 5.82 Å². The summed E-state index contributed by atoms with van der Waals surface area (Å²) >= 11 is 3.25. The molecule has 0 atom stereocenters. The molecule has 0 bridgehead atoms. The van der Waals surface area contributed by atoms with Gasteiger partial charge in [-0.15, -0.1) is 0 Å². The van der Waals surface area contributed by atoms with Crippen LogP contribution < -0.4 is 4.72 Å². The van der Waals surface area contributed by atoms with Gasteiger partial charge in [-0.3, -0.25) is 0 Å². The van der Waals surface area contributed by atoms with E-state index in [0.29, 0.717) is 10.0 Å². The van der Waals surface area contributed by atoms with Crippen LogP contribution in [0.2, 0.25) is 0 Å². The summed E-state index contributed by atoms with van der Waals surface area (Å²) in [5.74, 6) is -0.349. The average molecular weight is 358 g/mol. The highest BCUT2D eigenvalue weighted by Gasteiger charge is 2.17. The van der Waals surface area contributed by atoms with Gasteiger partial charge in [0, 0.05) is 11.0 Å². The molecule has 0 heterocycles. The number of aryl methyl sites for hydroxylation is 1. The van der Waals surface area contributed by atoms with E-state index in [1.54, 1.807) is 30.3 Å². The van der Waals surface area contributed by atoms with E-state index in [2.05, 4.69) is 20.7 Å². The molecule has 0 spiro atoms. The molecule has 0 amide bonds. The molecule has 3 nitrogen and oxygen atoms in total. The van der Waals surface area contributed by atoms with Crippen LogP contribution in [0.25, 0.3) is 0 Å². The van der Waals surface area contributed by atoms with Gasteiger partial charge in [-0.2, -0.15) is 0 Å². The molecule has 0 aliphatic rings. The van der Waals surface area contributed by atoms with E-state index in [1.807, 2.05) is 6.92 Å². The lowest BCUT2D eigenvalue weighted by Crippen LogP contribution is -2.23. The van der Waals surface area contributed by atoms with Crippen LogP contribution in [0.5, 0.6) is 0 Å². The molecule has 0 saturated carbocycles. The molecule has 20 heavy (non-hydrogen) atoms. The summed E-state index contributed by atoms with van der Waals surface area (Å²) in [6.45, 7) is 2.00. The predicted molar refractivity (Wildman–Crippen MR) is 79.3 cm³/mol. The monoisotopic (exact) mass is 357 g/mol. The summed E-state index contributed by atoms with van der Waals surface area (Å²) < 4.78 is 40.2. The fraction of sp³-hybridized carbons (Fsp3) is 0.143. The SMILES string of the molecule is Cc1ccc(S(=O)(=O)NCc2ccc(F)cc2)c(Br)c1. The first-order valence-electron chi connectivity index (χ1n) is 5.89. The number of rotatable bonds is 4. The molecule has 0 aliphatic heterocycles. The Morgan fingerprint density at radius 3 is 2.40 bits per heavy atom. The van der Waals surface area contributed by atoms with Crippen molar-refractivity contribution in [3.05, 3.63) is 63.9 Å². The van der Waals surface area contributed by atoms with Crippen LogP contribution in [0, 0.1) is 12.7 Å². The Kier molecular flexibility index (Phi) is 4.57. The second kappa shape index (κ2) is 6.03. The van der Waals surface area contributed by atoms with Crippen LogP contribution in [0.1, 0.15) is 11.1 Å². The summed E-state index contributed by atoms with van der Waals surface area (Å²) in [4.78, 5) is 0.185. The highest BCUT2D eigenvalue weighted by molar-refractivity contribution is 9.10. The first kappa shape index (κ1) is 15.2. The first-order chi connectivity index (χ1) is 9.38. The van der Waals surface area contributed by atoms with Crippen LogP contribution in [0.4, 0.5) is 4.39 Å². The van der Waals surface area contributed by atoms with Crippen LogP contribution in [0.15, 0.2) is 51.8 Å². The zero-order chi connectivity index (χ0) is 14.8. The smallest absolute Gasteiger partial charge is 0.207 e. The number of sulfonamides is 1. The molecule has 0 radical (unpaired) electrons. The van der Waals surface area contributed by atoms with E-state index in [4.69, 9.17) is 0 Å². The summed E-state index contributed by atoms with van der Waals surface area (Å²) in [5, 5.41) is 0. The maximum Gasteiger partial charge on any atom is 0.241 e. The Labute approximate surface area is 126 Å². The van der Waals surface area contributed by atoms with E-state index >= 15 is 0 Å². The standard InChI is InChI=1S/C14H13BrFNO2S/c1-10-2-7-14(13(15)8-10)20(18,19)17-9-11-3-5-12(16)6-4-11/h2-8,17H,9H2,1H3. The van der Waals surface area contributed by atoms with Crippen molar-refractivity contribution in [3.8, 4) is 0 Å². The molecule has 0 unspecified atom stereocenters. The lowest BCUT2D eigenvalue weighted by molar-refractivity contribution is 0.580. The van der Waals surface area contributed by atoms with Crippen molar-refractivity contribution in [2.75, 3.05) is 0 Å². The summed E-state index contributed by atoms with van der Waals surface area (Å²) in [6.07, 6.45) is 0. The fourth-order valence-electron chi connectivity index (χ4n) is 1.68. The Balaban J connectivity index is 2.17. The second-order valence-electron chi connectivity index (χ2n) is 4.38. The summed E-state index contributed by atoms with van der Waals surface area (Å²) in [6, 6.07) is 10.7. The van der Waals surface area contributed by atoms with Gasteiger partial charge in [0.2, 0.25) is 10.0 Å². The lowest BCUT2D eigenvalue weighted by atomic mass is 10.2. The third-order valence-electron chi connectivity index (χ3n) is 2.76. The number of hydrogen-bond donors (Lipinski definition) is 1. The molecular formula is C14H13BrFNO2S. The first-order valence-corrected chi connectivity index (χ1v) is 8.16. The minimum absolute atomic E-state index is 0.114. The van der Waals surface area contributed by atoms with Crippen LogP contribution in [-0.4, -0.2) is 8.42 Å². The Bertz CT molecular complexity index is 714. The molecule has 0 aliphatic carbocycles. The third kappa shape index (κ3) is 3.65. The third-order valence-corrected chi connectivity index (χ3v) is 5.13. The largest absolute Gasteiger partial charge is 0.241 e. The molecule has 106 valence electrons. The molecule has 0 aromatic heterocycles. The molecule has 1 N–H and O–H groups in total. The van der Waals surface area contributed by atoms with Gasteiger partial charge < -0.3 is 0 Å². The molecule has 6 heteroatoms. The Morgan fingerprint density at radius 2 is 1.80 bits per heavy atom. The van der Waals surface area contributed by atoms with Crippen molar-refractivity contribution < 1.29 is 12.8 Å². The summed E-state index contributed by atoms with van der Waals surface area (Å²) in [7, 11) is -3.61. The van der Waals surface area contributed by atoms with E-state index in [0.717, 1.165) is 5.56 Å². The normalized spacial score (nSPS) is 11.6. The zero-order valence-corrected chi connectivity index (χ0v) is 13.1. The Hall–Kier alpha value is -1.24. The van der Waals surface area contributed by atoms with Crippen molar-refractivity contribution in [2.45, 2.75) is 18.4 Å². The lowest BCUT2D eigenvalue weighted by Gasteiger charge is -2.09. The van der Waals surface area contributed by atoms with Gasteiger partial charge in [-0.05, 0) is 58.2 Å². The van der Waals surface area contributed by atoms with Crippen molar-refractivity contribution in [1.29, 1.82) is 0 Å². The fourth-order valence-corrected chi connectivity index (χ4v) is 3.89. The van der Waals surface area contributed by atoms with Crippen molar-refractivity contribution >= 4 is 26.0 Å². The Morgan fingerprint density at radius 1 is 1.15 bits per heavy atom. The van der Waals surface area contributed by atoms with Gasteiger partial charge in [0.25, 0.3) is 0 Å². The predicted octanol–water partition coefficient (Wildman–Crippen LogP) is 3.38. The minimum Gasteiger partial charge on any atom is -0.207 e. The van der Waals surface area contributed by atoms with Crippen molar-refractivity contribution in [2.24, 2.45) is 0 Å². The van der Waals surface area contributed by atoms with Crippen molar-refractivity contribution in [3.63, 3.8) is 0 Å². The van der Waals surface area contributed by atoms with E-state index in [-0.39, 0.29) is 17.3 Å². The maximum absolute atomic E-state index is 12.8. The van der Waals surface area contributed by atoms with Crippen LogP contribution in [-0.2, 0) is 16.6 Å².